The van der Waals surface area contributed by atoms with Crippen molar-refractivity contribution in [1.29, 1.82) is 0 Å². The van der Waals surface area contributed by atoms with Gasteiger partial charge in [-0.2, -0.15) is 0 Å². The van der Waals surface area contributed by atoms with E-state index in [1.54, 1.807) is 12.0 Å². The molecule has 0 radical (unpaired) electrons. The third-order valence-electron chi connectivity index (χ3n) is 3.85. The van der Waals surface area contributed by atoms with Gasteiger partial charge in [-0.1, -0.05) is 12.1 Å². The van der Waals surface area contributed by atoms with E-state index in [4.69, 9.17) is 15.2 Å². The average molecular weight is 306 g/mol. The molecule has 0 saturated carbocycles. The number of rotatable bonds is 2. The normalized spacial score (nSPS) is 22.3. The van der Waals surface area contributed by atoms with Crippen LogP contribution in [-0.4, -0.2) is 42.8 Å². The van der Waals surface area contributed by atoms with Crippen molar-refractivity contribution < 1.29 is 14.3 Å². The highest BCUT2D eigenvalue weighted by Crippen LogP contribution is 2.29. The van der Waals surface area contributed by atoms with E-state index in [1.807, 2.05) is 45.0 Å². The van der Waals surface area contributed by atoms with E-state index >= 15 is 0 Å². The minimum atomic E-state index is -0.478. The number of hydrogen-bond donors (Lipinski definition) is 1. The van der Waals surface area contributed by atoms with Crippen LogP contribution in [0.5, 0.6) is 5.75 Å². The van der Waals surface area contributed by atoms with Crippen LogP contribution in [0.4, 0.5) is 4.79 Å². The predicted molar refractivity (Wildman–Crippen MR) is 86.1 cm³/mol. The molecule has 1 heterocycles. The number of carbonyl (C=O) groups is 1. The summed E-state index contributed by atoms with van der Waals surface area (Å²) in [5.41, 5.74) is 7.01. The first kappa shape index (κ1) is 16.6. The van der Waals surface area contributed by atoms with E-state index in [-0.39, 0.29) is 18.1 Å². The molecule has 5 nitrogen and oxygen atoms in total. The summed E-state index contributed by atoms with van der Waals surface area (Å²) in [6.45, 7) is 6.80. The third-order valence-corrected chi connectivity index (χ3v) is 3.85. The highest BCUT2D eigenvalue weighted by Gasteiger charge is 2.32. The third kappa shape index (κ3) is 4.13. The molecule has 0 aliphatic carbocycles. The number of benzene rings is 1. The number of likely N-dealkylation sites (tertiary alicyclic amines) is 1. The molecular formula is C17H26N2O3. The van der Waals surface area contributed by atoms with E-state index in [2.05, 4.69) is 0 Å². The second-order valence-corrected chi connectivity index (χ2v) is 6.76. The summed E-state index contributed by atoms with van der Waals surface area (Å²) in [5, 5.41) is 0. The minimum Gasteiger partial charge on any atom is -0.497 e. The Kier molecular flexibility index (Phi) is 4.96. The zero-order valence-electron chi connectivity index (χ0n) is 13.8. The molecule has 1 aliphatic heterocycles. The average Bonchev–Trinajstić information content (AvgIpc) is 2.45. The Balaban J connectivity index is 1.98. The van der Waals surface area contributed by atoms with Gasteiger partial charge < -0.3 is 20.1 Å². The first-order valence-corrected chi connectivity index (χ1v) is 7.67. The first-order chi connectivity index (χ1) is 10.3. The van der Waals surface area contributed by atoms with Gasteiger partial charge in [-0.05, 0) is 44.9 Å². The highest BCUT2D eigenvalue weighted by atomic mass is 16.6. The first-order valence-electron chi connectivity index (χ1n) is 7.67. The van der Waals surface area contributed by atoms with Gasteiger partial charge in [-0.3, -0.25) is 0 Å². The maximum Gasteiger partial charge on any atom is 0.410 e. The SMILES string of the molecule is COc1ccc([C@@H]2CCN(C(=O)OC(C)(C)C)C[C@@H]2N)cc1. The van der Waals surface area contributed by atoms with Crippen molar-refractivity contribution in [2.75, 3.05) is 20.2 Å². The Bertz CT molecular complexity index is 508. The molecular weight excluding hydrogens is 280 g/mol. The van der Waals surface area contributed by atoms with Gasteiger partial charge in [0.1, 0.15) is 11.4 Å². The van der Waals surface area contributed by atoms with Gasteiger partial charge in [0.25, 0.3) is 0 Å². The fraction of sp³-hybridized carbons (Fsp3) is 0.588. The Morgan fingerprint density at radius 2 is 1.91 bits per heavy atom. The van der Waals surface area contributed by atoms with Crippen molar-refractivity contribution in [3.63, 3.8) is 0 Å². The second kappa shape index (κ2) is 6.57. The summed E-state index contributed by atoms with van der Waals surface area (Å²) < 4.78 is 10.6. The summed E-state index contributed by atoms with van der Waals surface area (Å²) in [4.78, 5) is 13.8. The molecule has 1 amide bonds. The molecule has 1 aromatic rings. The number of ether oxygens (including phenoxy) is 2. The molecule has 1 aromatic carbocycles. The van der Waals surface area contributed by atoms with Crippen LogP contribution in [0.1, 0.15) is 38.7 Å². The van der Waals surface area contributed by atoms with E-state index in [0.29, 0.717) is 13.1 Å². The molecule has 1 aliphatic rings. The van der Waals surface area contributed by atoms with Crippen LogP contribution < -0.4 is 10.5 Å². The molecule has 2 atom stereocenters. The molecule has 0 aromatic heterocycles. The largest absolute Gasteiger partial charge is 0.497 e. The Morgan fingerprint density at radius 1 is 1.27 bits per heavy atom. The van der Waals surface area contributed by atoms with E-state index < -0.39 is 5.60 Å². The maximum absolute atomic E-state index is 12.1. The number of nitrogens with two attached hydrogens (primary N) is 1. The van der Waals surface area contributed by atoms with Gasteiger partial charge >= 0.3 is 6.09 Å². The van der Waals surface area contributed by atoms with Crippen molar-refractivity contribution in [1.82, 2.24) is 4.90 Å². The molecule has 122 valence electrons. The van der Waals surface area contributed by atoms with Crippen LogP contribution in [0.15, 0.2) is 24.3 Å². The van der Waals surface area contributed by atoms with Crippen LogP contribution in [-0.2, 0) is 4.74 Å². The Hall–Kier alpha value is -1.75. The maximum atomic E-state index is 12.1. The summed E-state index contributed by atoms with van der Waals surface area (Å²) in [7, 11) is 1.65. The zero-order valence-corrected chi connectivity index (χ0v) is 13.8. The molecule has 2 N–H and O–H groups in total. The number of nitrogens with zero attached hydrogens (tertiary/aromatic N) is 1. The fourth-order valence-electron chi connectivity index (χ4n) is 2.74. The van der Waals surface area contributed by atoms with E-state index in [1.165, 1.54) is 5.56 Å². The van der Waals surface area contributed by atoms with Gasteiger partial charge in [0, 0.05) is 25.0 Å². The Morgan fingerprint density at radius 3 is 2.41 bits per heavy atom. The number of hydrogen-bond acceptors (Lipinski definition) is 4. The fourth-order valence-corrected chi connectivity index (χ4v) is 2.74. The van der Waals surface area contributed by atoms with Crippen molar-refractivity contribution in [3.05, 3.63) is 29.8 Å². The van der Waals surface area contributed by atoms with Gasteiger partial charge in [0.2, 0.25) is 0 Å². The van der Waals surface area contributed by atoms with Crippen molar-refractivity contribution >= 4 is 6.09 Å². The molecule has 22 heavy (non-hydrogen) atoms. The van der Waals surface area contributed by atoms with Gasteiger partial charge in [0.15, 0.2) is 0 Å². The lowest BCUT2D eigenvalue weighted by Crippen LogP contribution is -2.50. The van der Waals surface area contributed by atoms with Gasteiger partial charge in [0.05, 0.1) is 7.11 Å². The number of methoxy groups -OCH3 is 1. The summed E-state index contributed by atoms with van der Waals surface area (Å²) in [6, 6.07) is 7.90. The number of piperidine rings is 1. The molecule has 2 rings (SSSR count). The van der Waals surface area contributed by atoms with Gasteiger partial charge in [-0.15, -0.1) is 0 Å². The lowest BCUT2D eigenvalue weighted by molar-refractivity contribution is 0.0186. The molecule has 5 heteroatoms. The van der Waals surface area contributed by atoms with E-state index in [9.17, 15) is 4.79 Å². The summed E-state index contributed by atoms with van der Waals surface area (Å²) in [5.74, 6) is 1.09. The van der Waals surface area contributed by atoms with Crippen molar-refractivity contribution in [2.45, 2.75) is 44.8 Å². The zero-order chi connectivity index (χ0) is 16.3. The van der Waals surface area contributed by atoms with Gasteiger partial charge in [-0.25, -0.2) is 4.79 Å². The monoisotopic (exact) mass is 306 g/mol. The second-order valence-electron chi connectivity index (χ2n) is 6.76. The lowest BCUT2D eigenvalue weighted by Gasteiger charge is -2.37. The smallest absolute Gasteiger partial charge is 0.410 e. The number of carbonyl (C=O) groups excluding carboxylic acids is 1. The predicted octanol–water partition coefficient (Wildman–Crippen LogP) is 2.75. The molecule has 0 unspecified atom stereocenters. The quantitative estimate of drug-likeness (QED) is 0.912. The summed E-state index contributed by atoms with van der Waals surface area (Å²) in [6.07, 6.45) is 0.559. The molecule has 1 saturated heterocycles. The Labute approximate surface area is 132 Å². The van der Waals surface area contributed by atoms with Crippen LogP contribution in [0.2, 0.25) is 0 Å². The lowest BCUT2D eigenvalue weighted by atomic mass is 9.86. The molecule has 0 bridgehead atoms. The van der Waals surface area contributed by atoms with Crippen LogP contribution in [0.25, 0.3) is 0 Å². The minimum absolute atomic E-state index is 0.0883. The van der Waals surface area contributed by atoms with E-state index in [0.717, 1.165) is 12.2 Å². The summed E-state index contributed by atoms with van der Waals surface area (Å²) >= 11 is 0. The molecule has 0 spiro atoms. The van der Waals surface area contributed by atoms with Crippen molar-refractivity contribution in [3.8, 4) is 5.75 Å². The standard InChI is InChI=1S/C17H26N2O3/c1-17(2,3)22-16(20)19-10-9-14(15(18)11-19)12-5-7-13(21-4)8-6-12/h5-8,14-15H,9-11,18H2,1-4H3/t14-,15-/m0/s1. The van der Waals surface area contributed by atoms with Crippen LogP contribution >= 0.6 is 0 Å². The number of amides is 1. The van der Waals surface area contributed by atoms with Crippen LogP contribution in [0.3, 0.4) is 0 Å². The van der Waals surface area contributed by atoms with Crippen molar-refractivity contribution in [2.24, 2.45) is 5.73 Å². The highest BCUT2D eigenvalue weighted by molar-refractivity contribution is 5.68. The van der Waals surface area contributed by atoms with Crippen LogP contribution in [0, 0.1) is 0 Å². The molecule has 1 fully saturated rings. The topological polar surface area (TPSA) is 64.8 Å².